The largest absolute Gasteiger partial charge is 0.296 e. The van der Waals surface area contributed by atoms with Crippen LogP contribution in [0.15, 0.2) is 0 Å². The quantitative estimate of drug-likeness (QED) is 0.787. The highest BCUT2D eigenvalue weighted by molar-refractivity contribution is 7.91. The molecule has 0 unspecified atom stereocenters. The summed E-state index contributed by atoms with van der Waals surface area (Å²) in [5.41, 5.74) is 2.79. The van der Waals surface area contributed by atoms with Crippen molar-refractivity contribution in [2.24, 2.45) is 0 Å². The van der Waals surface area contributed by atoms with Gasteiger partial charge < -0.3 is 0 Å². The van der Waals surface area contributed by atoms with Gasteiger partial charge in [0.2, 0.25) is 0 Å². The van der Waals surface area contributed by atoms with Gasteiger partial charge in [-0.3, -0.25) is 4.90 Å². The fraction of sp³-hybridized carbons (Fsp3) is 0.727. The van der Waals surface area contributed by atoms with Crippen molar-refractivity contribution in [2.75, 3.05) is 7.05 Å². The zero-order valence-electron chi connectivity index (χ0n) is 10.4. The lowest BCUT2D eigenvalue weighted by Crippen LogP contribution is -2.29. The first-order chi connectivity index (χ1) is 7.85. The van der Waals surface area contributed by atoms with Gasteiger partial charge in [0.15, 0.2) is 0 Å². The summed E-state index contributed by atoms with van der Waals surface area (Å²) in [4.78, 5) is 2.14. The third-order valence-corrected chi connectivity index (χ3v) is 6.40. The molecule has 0 aromatic carbocycles. The first-order valence-corrected chi connectivity index (χ1v) is 7.30. The molecule has 0 spiro atoms. The van der Waals surface area contributed by atoms with Crippen molar-refractivity contribution in [1.29, 1.82) is 0 Å². The van der Waals surface area contributed by atoms with Gasteiger partial charge in [-0.25, -0.2) is 8.42 Å². The van der Waals surface area contributed by atoms with E-state index >= 15 is 0 Å². The van der Waals surface area contributed by atoms with Gasteiger partial charge >= 0.3 is 0 Å². The maximum atomic E-state index is 12.4. The molecule has 2 aliphatic rings. The molecule has 0 bridgehead atoms. The van der Waals surface area contributed by atoms with Gasteiger partial charge in [-0.1, -0.05) is 0 Å². The van der Waals surface area contributed by atoms with Gasteiger partial charge in [-0.05, 0) is 33.7 Å². The van der Waals surface area contributed by atoms with Crippen molar-refractivity contribution < 1.29 is 8.42 Å². The second-order valence-electron chi connectivity index (χ2n) is 5.48. The minimum absolute atomic E-state index is 0.580. The predicted molar refractivity (Wildman–Crippen MR) is 64.1 cm³/mol. The summed E-state index contributed by atoms with van der Waals surface area (Å²) in [7, 11) is -1.29. The lowest BCUT2D eigenvalue weighted by molar-refractivity contribution is 0.347. The Kier molecular flexibility index (Phi) is 2.06. The number of hydrogen-bond acceptors (Lipinski definition) is 4. The summed E-state index contributed by atoms with van der Waals surface area (Å²) >= 11 is 0. The Hall–Kier alpha value is -0.880. The van der Waals surface area contributed by atoms with Crippen LogP contribution in [-0.4, -0.2) is 34.3 Å². The SMILES string of the molecule is Cc1c2c(nn1S(=O)(=O)C1(C)CC1)CN(C)C2. The monoisotopic (exact) mass is 255 g/mol. The van der Waals surface area contributed by atoms with Crippen molar-refractivity contribution in [3.63, 3.8) is 0 Å². The number of rotatable bonds is 2. The van der Waals surface area contributed by atoms with E-state index in [0.29, 0.717) is 0 Å². The van der Waals surface area contributed by atoms with Crippen molar-refractivity contribution in [3.8, 4) is 0 Å². The smallest absolute Gasteiger partial charge is 0.259 e. The normalized spacial score (nSPS) is 22.8. The standard InChI is InChI=1S/C11H17N3O2S/c1-8-9-6-13(3)7-10(9)12-14(8)17(15,16)11(2)4-5-11/h4-7H2,1-3H3. The van der Waals surface area contributed by atoms with E-state index in [-0.39, 0.29) is 0 Å². The summed E-state index contributed by atoms with van der Waals surface area (Å²) in [6, 6.07) is 0. The van der Waals surface area contributed by atoms with E-state index in [2.05, 4.69) is 10.00 Å². The molecule has 1 aliphatic carbocycles. The lowest BCUT2D eigenvalue weighted by atomic mass is 10.2. The Bertz CT molecular complexity index is 584. The molecular weight excluding hydrogens is 238 g/mol. The Labute approximate surface area is 101 Å². The summed E-state index contributed by atoms with van der Waals surface area (Å²) in [5, 5.41) is 4.31. The maximum absolute atomic E-state index is 12.4. The molecule has 1 aliphatic heterocycles. The van der Waals surface area contributed by atoms with Gasteiger partial charge in [0.1, 0.15) is 0 Å². The van der Waals surface area contributed by atoms with Crippen molar-refractivity contribution >= 4 is 10.0 Å². The molecule has 94 valence electrons. The summed E-state index contributed by atoms with van der Waals surface area (Å²) in [5.74, 6) is 0. The van der Waals surface area contributed by atoms with E-state index in [9.17, 15) is 8.42 Å². The van der Waals surface area contributed by atoms with Crippen LogP contribution in [0.5, 0.6) is 0 Å². The molecule has 1 fully saturated rings. The number of nitrogens with zero attached hydrogens (tertiary/aromatic N) is 3. The Morgan fingerprint density at radius 3 is 2.47 bits per heavy atom. The van der Waals surface area contributed by atoms with E-state index in [1.165, 1.54) is 4.09 Å². The molecule has 1 aromatic rings. The van der Waals surface area contributed by atoms with Gasteiger partial charge in [-0.2, -0.15) is 9.19 Å². The molecule has 0 amide bonds. The molecule has 5 nitrogen and oxygen atoms in total. The molecule has 1 saturated carbocycles. The summed E-state index contributed by atoms with van der Waals surface area (Å²) < 4.78 is 25.5. The molecule has 0 N–H and O–H groups in total. The minimum Gasteiger partial charge on any atom is -0.296 e. The van der Waals surface area contributed by atoms with Gasteiger partial charge in [0, 0.05) is 18.7 Å². The lowest BCUT2D eigenvalue weighted by Gasteiger charge is -2.13. The van der Waals surface area contributed by atoms with Crippen LogP contribution >= 0.6 is 0 Å². The second-order valence-corrected chi connectivity index (χ2v) is 7.76. The van der Waals surface area contributed by atoms with Crippen LogP contribution in [0.1, 0.15) is 36.7 Å². The Balaban J connectivity index is 2.10. The third-order valence-electron chi connectivity index (χ3n) is 3.94. The minimum atomic E-state index is -3.30. The summed E-state index contributed by atoms with van der Waals surface area (Å²) in [6.07, 6.45) is 1.50. The van der Waals surface area contributed by atoms with Crippen LogP contribution in [-0.2, 0) is 23.1 Å². The second kappa shape index (κ2) is 3.11. The maximum Gasteiger partial charge on any atom is 0.259 e. The van der Waals surface area contributed by atoms with Crippen LogP contribution in [0.3, 0.4) is 0 Å². The van der Waals surface area contributed by atoms with Crippen molar-refractivity contribution in [3.05, 3.63) is 17.0 Å². The first kappa shape index (κ1) is 11.2. The molecule has 2 heterocycles. The van der Waals surface area contributed by atoms with E-state index in [0.717, 1.165) is 42.9 Å². The van der Waals surface area contributed by atoms with E-state index < -0.39 is 14.8 Å². The number of aromatic nitrogens is 2. The molecule has 1 aromatic heterocycles. The third kappa shape index (κ3) is 1.40. The fourth-order valence-electron chi connectivity index (χ4n) is 2.36. The average molecular weight is 255 g/mol. The van der Waals surface area contributed by atoms with E-state index in [1.54, 1.807) is 6.92 Å². The topological polar surface area (TPSA) is 55.2 Å². The van der Waals surface area contributed by atoms with Gasteiger partial charge in [0.25, 0.3) is 10.0 Å². The average Bonchev–Trinajstić information content (AvgIpc) is 2.78. The van der Waals surface area contributed by atoms with Gasteiger partial charge in [-0.15, -0.1) is 0 Å². The highest BCUT2D eigenvalue weighted by Crippen LogP contribution is 2.44. The fourth-order valence-corrected chi connectivity index (χ4v) is 4.07. The van der Waals surface area contributed by atoms with Crippen LogP contribution in [0.4, 0.5) is 0 Å². The van der Waals surface area contributed by atoms with Crippen LogP contribution < -0.4 is 0 Å². The van der Waals surface area contributed by atoms with Crippen LogP contribution in [0.25, 0.3) is 0 Å². The molecule has 0 atom stereocenters. The van der Waals surface area contributed by atoms with Crippen LogP contribution in [0.2, 0.25) is 0 Å². The Morgan fingerprint density at radius 1 is 1.29 bits per heavy atom. The van der Waals surface area contributed by atoms with Crippen molar-refractivity contribution in [2.45, 2.75) is 44.5 Å². The molecule has 6 heteroatoms. The highest BCUT2D eigenvalue weighted by Gasteiger charge is 2.52. The molecule has 0 radical (unpaired) electrons. The number of fused-ring (bicyclic) bond motifs is 1. The highest BCUT2D eigenvalue weighted by atomic mass is 32.2. The first-order valence-electron chi connectivity index (χ1n) is 5.86. The molecule has 3 rings (SSSR count). The molecule has 0 saturated heterocycles. The van der Waals surface area contributed by atoms with Crippen LogP contribution in [0, 0.1) is 6.92 Å². The molecular formula is C11H17N3O2S. The zero-order valence-corrected chi connectivity index (χ0v) is 11.2. The van der Waals surface area contributed by atoms with E-state index in [4.69, 9.17) is 0 Å². The molecule has 17 heavy (non-hydrogen) atoms. The zero-order chi connectivity index (χ0) is 12.4. The van der Waals surface area contributed by atoms with Crippen molar-refractivity contribution in [1.82, 2.24) is 14.1 Å². The number of hydrogen-bond donors (Lipinski definition) is 0. The van der Waals surface area contributed by atoms with E-state index in [1.807, 2.05) is 14.0 Å². The Morgan fingerprint density at radius 2 is 1.94 bits per heavy atom. The van der Waals surface area contributed by atoms with Gasteiger partial charge in [0.05, 0.1) is 16.1 Å². The predicted octanol–water partition coefficient (Wildman–Crippen LogP) is 0.867. The summed E-state index contributed by atoms with van der Waals surface area (Å²) in [6.45, 7) is 5.21.